The summed E-state index contributed by atoms with van der Waals surface area (Å²) in [6.07, 6.45) is 1.46. The zero-order valence-electron chi connectivity index (χ0n) is 13.3. The molecule has 1 aliphatic rings. The molecule has 24 heavy (non-hydrogen) atoms. The van der Waals surface area contributed by atoms with Gasteiger partial charge in [-0.25, -0.2) is 4.98 Å². The maximum absolute atomic E-state index is 10.7. The van der Waals surface area contributed by atoms with E-state index in [-0.39, 0.29) is 11.9 Å². The Kier molecular flexibility index (Phi) is 4.17. The standard InChI is InChI=1S/C16H18ClN5OS/c1-20-6-8-21(9-7-20)13(11-2-4-12(17)5-3-11)14-15(23)22-16(24-14)18-10-19-22/h2-5,10,13,23H,6-9H2,1H3. The summed E-state index contributed by atoms with van der Waals surface area (Å²) in [5.41, 5.74) is 1.11. The van der Waals surface area contributed by atoms with E-state index >= 15 is 0 Å². The van der Waals surface area contributed by atoms with Crippen molar-refractivity contribution in [2.45, 2.75) is 6.04 Å². The molecule has 0 saturated carbocycles. The van der Waals surface area contributed by atoms with Crippen LogP contribution in [0.3, 0.4) is 0 Å². The summed E-state index contributed by atoms with van der Waals surface area (Å²) >= 11 is 7.54. The van der Waals surface area contributed by atoms with Gasteiger partial charge in [-0.1, -0.05) is 35.1 Å². The number of rotatable bonds is 3. The van der Waals surface area contributed by atoms with Crippen molar-refractivity contribution in [2.24, 2.45) is 0 Å². The predicted molar refractivity (Wildman–Crippen MR) is 94.9 cm³/mol. The zero-order valence-corrected chi connectivity index (χ0v) is 14.8. The third-order valence-corrected chi connectivity index (χ3v) is 5.81. The molecule has 0 bridgehead atoms. The second-order valence-corrected chi connectivity index (χ2v) is 7.48. The highest BCUT2D eigenvalue weighted by molar-refractivity contribution is 7.17. The molecule has 3 aromatic rings. The molecule has 126 valence electrons. The van der Waals surface area contributed by atoms with Gasteiger partial charge in [-0.2, -0.15) is 9.61 Å². The molecule has 1 saturated heterocycles. The third-order valence-electron chi connectivity index (χ3n) is 4.48. The topological polar surface area (TPSA) is 56.9 Å². The van der Waals surface area contributed by atoms with Crippen LogP contribution in [0.5, 0.6) is 5.88 Å². The van der Waals surface area contributed by atoms with Crippen molar-refractivity contribution in [2.75, 3.05) is 33.2 Å². The minimum Gasteiger partial charge on any atom is -0.492 e. The van der Waals surface area contributed by atoms with Crippen LogP contribution in [-0.4, -0.2) is 62.7 Å². The number of fused-ring (bicyclic) bond motifs is 1. The lowest BCUT2D eigenvalue weighted by Crippen LogP contribution is -2.46. The van der Waals surface area contributed by atoms with Gasteiger partial charge in [0.1, 0.15) is 6.33 Å². The molecule has 0 radical (unpaired) electrons. The van der Waals surface area contributed by atoms with E-state index in [2.05, 4.69) is 26.9 Å². The number of benzene rings is 1. The Morgan fingerprint density at radius 2 is 1.88 bits per heavy atom. The second-order valence-electron chi connectivity index (χ2n) is 6.04. The fraction of sp³-hybridized carbons (Fsp3) is 0.375. The van der Waals surface area contributed by atoms with Gasteiger partial charge in [0.05, 0.1) is 10.9 Å². The molecular formula is C16H18ClN5OS. The molecule has 2 aromatic heterocycles. The second kappa shape index (κ2) is 6.33. The van der Waals surface area contributed by atoms with Crippen LogP contribution in [-0.2, 0) is 0 Å². The average Bonchev–Trinajstić information content (AvgIpc) is 3.15. The Morgan fingerprint density at radius 1 is 1.17 bits per heavy atom. The highest BCUT2D eigenvalue weighted by Gasteiger charge is 2.30. The van der Waals surface area contributed by atoms with Crippen LogP contribution >= 0.6 is 22.9 Å². The van der Waals surface area contributed by atoms with Gasteiger partial charge in [0.2, 0.25) is 10.8 Å². The van der Waals surface area contributed by atoms with Gasteiger partial charge in [-0.3, -0.25) is 4.90 Å². The van der Waals surface area contributed by atoms with Gasteiger partial charge < -0.3 is 10.0 Å². The first-order valence-corrected chi connectivity index (χ1v) is 9.02. The van der Waals surface area contributed by atoms with Crippen LogP contribution in [0.1, 0.15) is 16.5 Å². The van der Waals surface area contributed by atoms with Crippen molar-refractivity contribution in [3.8, 4) is 5.88 Å². The van der Waals surface area contributed by atoms with Gasteiger partial charge >= 0.3 is 0 Å². The first-order valence-electron chi connectivity index (χ1n) is 7.83. The number of aromatic nitrogens is 3. The first kappa shape index (κ1) is 15.8. The van der Waals surface area contributed by atoms with E-state index in [1.165, 1.54) is 22.2 Å². The fourth-order valence-corrected chi connectivity index (χ4v) is 4.34. The molecule has 3 heterocycles. The van der Waals surface area contributed by atoms with Gasteiger partial charge in [0.25, 0.3) is 0 Å². The maximum atomic E-state index is 10.7. The van der Waals surface area contributed by atoms with E-state index in [0.717, 1.165) is 36.6 Å². The van der Waals surface area contributed by atoms with E-state index in [4.69, 9.17) is 11.6 Å². The van der Waals surface area contributed by atoms with Crippen molar-refractivity contribution in [3.05, 3.63) is 46.1 Å². The number of piperazine rings is 1. The summed E-state index contributed by atoms with van der Waals surface area (Å²) in [6.45, 7) is 3.89. The number of nitrogens with zero attached hydrogens (tertiary/aromatic N) is 5. The van der Waals surface area contributed by atoms with Gasteiger partial charge in [-0.05, 0) is 24.7 Å². The lowest BCUT2D eigenvalue weighted by atomic mass is 10.0. The molecule has 0 spiro atoms. The first-order chi connectivity index (χ1) is 11.6. The van der Waals surface area contributed by atoms with E-state index in [9.17, 15) is 5.11 Å². The molecule has 1 unspecified atom stereocenters. The van der Waals surface area contributed by atoms with Crippen LogP contribution in [0.2, 0.25) is 5.02 Å². The van der Waals surface area contributed by atoms with Crippen molar-refractivity contribution in [3.63, 3.8) is 0 Å². The maximum Gasteiger partial charge on any atom is 0.230 e. The summed E-state index contributed by atoms with van der Waals surface area (Å²) in [6, 6.07) is 7.83. The molecule has 4 rings (SSSR count). The van der Waals surface area contributed by atoms with E-state index < -0.39 is 0 Å². The van der Waals surface area contributed by atoms with Crippen LogP contribution in [0.25, 0.3) is 4.96 Å². The highest BCUT2D eigenvalue weighted by Crippen LogP contribution is 2.40. The number of hydrogen-bond acceptors (Lipinski definition) is 6. The van der Waals surface area contributed by atoms with Crippen LogP contribution in [0.4, 0.5) is 0 Å². The predicted octanol–water partition coefficient (Wildman–Crippen LogP) is 2.49. The Morgan fingerprint density at radius 3 is 2.54 bits per heavy atom. The minimum absolute atomic E-state index is 0.0236. The Hall–Kier alpha value is -1.67. The molecule has 8 heteroatoms. The Labute approximate surface area is 148 Å². The molecule has 0 amide bonds. The number of thiazole rings is 1. The summed E-state index contributed by atoms with van der Waals surface area (Å²) in [7, 11) is 2.13. The Bertz CT molecular complexity index is 838. The van der Waals surface area contributed by atoms with Crippen LogP contribution in [0, 0.1) is 0 Å². The van der Waals surface area contributed by atoms with Crippen LogP contribution in [0.15, 0.2) is 30.6 Å². The van der Waals surface area contributed by atoms with Gasteiger partial charge in [0, 0.05) is 31.2 Å². The van der Waals surface area contributed by atoms with Crippen molar-refractivity contribution < 1.29 is 5.11 Å². The smallest absolute Gasteiger partial charge is 0.230 e. The highest BCUT2D eigenvalue weighted by atomic mass is 35.5. The molecule has 1 N–H and O–H groups in total. The van der Waals surface area contributed by atoms with Gasteiger partial charge in [-0.15, -0.1) is 0 Å². The zero-order chi connectivity index (χ0) is 16.7. The molecule has 0 aliphatic carbocycles. The van der Waals surface area contributed by atoms with E-state index in [0.29, 0.717) is 9.98 Å². The largest absolute Gasteiger partial charge is 0.492 e. The van der Waals surface area contributed by atoms with Crippen LogP contribution < -0.4 is 0 Å². The number of likely N-dealkylation sites (N-methyl/N-ethyl adjacent to an activating group) is 1. The third kappa shape index (κ3) is 2.77. The summed E-state index contributed by atoms with van der Waals surface area (Å²) in [5, 5.41) is 15.5. The number of halogens is 1. The molecular weight excluding hydrogens is 346 g/mol. The monoisotopic (exact) mass is 363 g/mol. The lowest BCUT2D eigenvalue weighted by molar-refractivity contribution is 0.127. The van der Waals surface area contributed by atoms with Gasteiger partial charge in [0.15, 0.2) is 0 Å². The number of hydrogen-bond donors (Lipinski definition) is 1. The lowest BCUT2D eigenvalue weighted by Gasteiger charge is -2.37. The molecule has 6 nitrogen and oxygen atoms in total. The fourth-order valence-electron chi connectivity index (χ4n) is 3.13. The Balaban J connectivity index is 1.78. The molecule has 1 fully saturated rings. The molecule has 1 aliphatic heterocycles. The number of aromatic hydroxyl groups is 1. The normalized spacial score (nSPS) is 18.2. The quantitative estimate of drug-likeness (QED) is 0.774. The average molecular weight is 364 g/mol. The van der Waals surface area contributed by atoms with E-state index in [1.807, 2.05) is 24.3 Å². The summed E-state index contributed by atoms with van der Waals surface area (Å²) in [4.78, 5) is 10.5. The van der Waals surface area contributed by atoms with Crippen molar-refractivity contribution >= 4 is 27.9 Å². The van der Waals surface area contributed by atoms with E-state index in [1.54, 1.807) is 0 Å². The van der Waals surface area contributed by atoms with Crippen molar-refractivity contribution in [1.82, 2.24) is 24.4 Å². The summed E-state index contributed by atoms with van der Waals surface area (Å²) < 4.78 is 1.50. The minimum atomic E-state index is -0.0236. The molecule has 1 aromatic carbocycles. The van der Waals surface area contributed by atoms with Crippen molar-refractivity contribution in [1.29, 1.82) is 0 Å². The summed E-state index contributed by atoms with van der Waals surface area (Å²) in [5.74, 6) is 0.173. The SMILES string of the molecule is CN1CCN(C(c2ccc(Cl)cc2)c2sc3ncnn3c2O)CC1. The molecule has 1 atom stereocenters.